The van der Waals surface area contributed by atoms with E-state index >= 15 is 0 Å². The van der Waals surface area contributed by atoms with Gasteiger partial charge < -0.3 is 8.90 Å². The zero-order chi connectivity index (χ0) is 17.9. The van der Waals surface area contributed by atoms with Gasteiger partial charge in [-0.1, -0.05) is 65.1 Å². The number of phenolic OH excluding ortho intramolecular Hbond substituents is 1. The molecule has 3 aromatic carbocycles. The largest absolute Gasteiger partial charge is 0.645 e. The predicted octanol–water partition coefficient (Wildman–Crippen LogP) is 4.24. The van der Waals surface area contributed by atoms with Crippen LogP contribution in [0.2, 0.25) is 0 Å². The summed E-state index contributed by atoms with van der Waals surface area (Å²) in [6, 6.07) is 26.0. The molecule has 4 rings (SSSR count). The summed E-state index contributed by atoms with van der Waals surface area (Å²) >= 11 is -0.427. The van der Waals surface area contributed by atoms with Crippen LogP contribution < -0.4 is 8.21 Å². The molecule has 1 heterocycles. The molecule has 26 heavy (non-hydrogen) atoms. The zero-order valence-electron chi connectivity index (χ0n) is 14.4. The number of aryl methyl sites for hydroxylation is 1. The van der Waals surface area contributed by atoms with Crippen LogP contribution in [0, 0.1) is 6.92 Å². The highest BCUT2D eigenvalue weighted by Crippen LogP contribution is 2.23. The first kappa shape index (κ1) is 16.7. The van der Waals surface area contributed by atoms with Gasteiger partial charge >= 0.3 is 15.6 Å². The van der Waals surface area contributed by atoms with Crippen molar-refractivity contribution in [1.82, 2.24) is 4.98 Å². The van der Waals surface area contributed by atoms with Gasteiger partial charge in [0.1, 0.15) is 11.3 Å². The van der Waals surface area contributed by atoms with Crippen LogP contribution in [0.15, 0.2) is 78.9 Å². The Labute approximate surface area is 159 Å². The molecule has 125 valence electrons. The Bertz CT molecular complexity index is 1050. The van der Waals surface area contributed by atoms with Gasteiger partial charge in [0.25, 0.3) is 0 Å². The number of aromatic hydroxyl groups is 1. The van der Waals surface area contributed by atoms with E-state index in [1.807, 2.05) is 55.5 Å². The number of rotatable bonds is 4. The molecule has 0 saturated heterocycles. The third-order valence-electron chi connectivity index (χ3n) is 4.26. The molecule has 0 atom stereocenters. The molecule has 0 unspecified atom stereocenters. The van der Waals surface area contributed by atoms with Crippen molar-refractivity contribution >= 4 is 30.9 Å². The first-order valence-electron chi connectivity index (χ1n) is 8.45. The van der Waals surface area contributed by atoms with E-state index < -0.39 is 15.6 Å². The second kappa shape index (κ2) is 7.21. The van der Waals surface area contributed by atoms with Crippen molar-refractivity contribution in [3.05, 3.63) is 84.6 Å². The molecule has 1 N–H and O–H groups in total. The van der Waals surface area contributed by atoms with Crippen LogP contribution in [0.25, 0.3) is 22.0 Å². The van der Waals surface area contributed by atoms with Crippen LogP contribution in [-0.2, 0) is 0 Å². The summed E-state index contributed by atoms with van der Waals surface area (Å²) in [5.41, 5.74) is 3.88. The molecule has 0 saturated carbocycles. The van der Waals surface area contributed by atoms with Gasteiger partial charge in [-0.05, 0) is 41.6 Å². The number of phenols is 1. The van der Waals surface area contributed by atoms with Crippen molar-refractivity contribution in [2.75, 3.05) is 0 Å². The van der Waals surface area contributed by atoms with E-state index in [1.165, 1.54) is 11.1 Å². The number of fused-ring (bicyclic) bond motifs is 1. The number of pyridine rings is 1. The number of para-hydroxylation sites is 1. The molecule has 0 fully saturated rings. The minimum atomic E-state index is -0.427. The van der Waals surface area contributed by atoms with Crippen molar-refractivity contribution in [3.8, 4) is 22.6 Å². The lowest BCUT2D eigenvalue weighted by Crippen LogP contribution is -2.22. The number of benzene rings is 3. The summed E-state index contributed by atoms with van der Waals surface area (Å²) in [5, 5.41) is 11.0. The average Bonchev–Trinajstić information content (AvgIpc) is 2.68. The Balaban J connectivity index is 1.56. The van der Waals surface area contributed by atoms with Crippen molar-refractivity contribution in [2.24, 2.45) is 0 Å². The third-order valence-corrected chi connectivity index (χ3v) is 5.38. The lowest BCUT2D eigenvalue weighted by molar-refractivity contribution is 0.480. The Kier molecular flexibility index (Phi) is 4.62. The lowest BCUT2D eigenvalue weighted by atomic mass is 10.1. The Hall–Kier alpha value is -2.80. The maximum atomic E-state index is 10.1. The van der Waals surface area contributed by atoms with E-state index in [1.54, 1.807) is 6.07 Å². The fourth-order valence-electron chi connectivity index (χ4n) is 2.98. The van der Waals surface area contributed by atoms with Crippen LogP contribution in [0.5, 0.6) is 11.5 Å². The monoisotopic (exact) mass is 354 g/mol. The van der Waals surface area contributed by atoms with Crippen molar-refractivity contribution in [3.63, 3.8) is 0 Å². The molecule has 4 heteroatoms. The lowest BCUT2D eigenvalue weighted by Gasteiger charge is -2.11. The van der Waals surface area contributed by atoms with Gasteiger partial charge in [0.2, 0.25) is 0 Å². The van der Waals surface area contributed by atoms with Crippen molar-refractivity contribution in [2.45, 2.75) is 6.92 Å². The van der Waals surface area contributed by atoms with Gasteiger partial charge in [-0.25, -0.2) is 4.98 Å². The molecule has 3 nitrogen and oxygen atoms in total. The summed E-state index contributed by atoms with van der Waals surface area (Å²) in [4.78, 5) is 4.44. The molecule has 0 aliphatic heterocycles. The summed E-state index contributed by atoms with van der Waals surface area (Å²) < 4.78 is 7.15. The van der Waals surface area contributed by atoms with Gasteiger partial charge in [0, 0.05) is 5.69 Å². The number of aromatic nitrogens is 1. The van der Waals surface area contributed by atoms with Crippen LogP contribution in [0.3, 0.4) is 0 Å². The SMILES string of the molecule is Cc1c[c]([Al][O]c2ccc(-c3ccccc3)cc2)c2cccc(O)c2n1. The first-order valence-corrected chi connectivity index (χ1v) is 9.50. The van der Waals surface area contributed by atoms with Gasteiger partial charge in [0.05, 0.1) is 5.75 Å². The summed E-state index contributed by atoms with van der Waals surface area (Å²) in [5.74, 6) is 1.06. The number of hydrogen-bond acceptors (Lipinski definition) is 3. The molecular formula is C22H17AlNO2. The molecule has 0 spiro atoms. The number of hydrogen-bond donors (Lipinski definition) is 1. The van der Waals surface area contributed by atoms with E-state index in [9.17, 15) is 5.11 Å². The molecule has 0 bridgehead atoms. The van der Waals surface area contributed by atoms with E-state index in [2.05, 4.69) is 29.2 Å². The molecule has 4 aromatic rings. The molecule has 1 radical (unpaired) electrons. The highest BCUT2D eigenvalue weighted by atomic mass is 27.1. The topological polar surface area (TPSA) is 42.4 Å². The quantitative estimate of drug-likeness (QED) is 0.558. The third kappa shape index (κ3) is 3.43. The Morgan fingerprint density at radius 3 is 2.35 bits per heavy atom. The first-order chi connectivity index (χ1) is 12.7. The number of nitrogens with zero attached hydrogens (tertiary/aromatic N) is 1. The highest BCUT2D eigenvalue weighted by molar-refractivity contribution is 6.52. The van der Waals surface area contributed by atoms with E-state index in [0.29, 0.717) is 5.52 Å². The van der Waals surface area contributed by atoms with Gasteiger partial charge in [0.15, 0.2) is 0 Å². The summed E-state index contributed by atoms with van der Waals surface area (Å²) in [6.07, 6.45) is 0. The van der Waals surface area contributed by atoms with Crippen molar-refractivity contribution in [1.29, 1.82) is 0 Å². The van der Waals surface area contributed by atoms with Gasteiger partial charge in [-0.3, -0.25) is 0 Å². The minimum Gasteiger partial charge on any atom is -0.645 e. The predicted molar refractivity (Wildman–Crippen MR) is 106 cm³/mol. The Morgan fingerprint density at radius 1 is 0.846 bits per heavy atom. The minimum absolute atomic E-state index is 0.207. The molecule has 1 aromatic heterocycles. The summed E-state index contributed by atoms with van der Waals surface area (Å²) in [7, 11) is 0. The van der Waals surface area contributed by atoms with Crippen LogP contribution in [-0.4, -0.2) is 25.6 Å². The van der Waals surface area contributed by atoms with E-state index in [0.717, 1.165) is 21.3 Å². The molecule has 0 aliphatic carbocycles. The average molecular weight is 354 g/mol. The standard InChI is InChI=1S/C12H10O.C10H8NO.Al/c13-12-8-6-11(7-9-12)10-4-2-1-3-5-10;1-7-5-6-8-3-2-4-9(12)10(8)11-7;/h1-9,13H;2-5,12H,1H3;/q;;+1/p-1. The van der Waals surface area contributed by atoms with E-state index in [4.69, 9.17) is 3.79 Å². The molecule has 0 aliphatic rings. The fraction of sp³-hybridized carbons (Fsp3) is 0.0455. The second-order valence-corrected chi connectivity index (χ2v) is 7.25. The Morgan fingerprint density at radius 2 is 1.58 bits per heavy atom. The smallest absolute Gasteiger partial charge is 0.571 e. The highest BCUT2D eigenvalue weighted by Gasteiger charge is 2.12. The van der Waals surface area contributed by atoms with Gasteiger partial charge in [-0.15, -0.1) is 0 Å². The fourth-order valence-corrected chi connectivity index (χ4v) is 4.07. The van der Waals surface area contributed by atoms with Crippen LogP contribution in [0.4, 0.5) is 0 Å². The van der Waals surface area contributed by atoms with Crippen LogP contribution in [0.1, 0.15) is 5.69 Å². The second-order valence-electron chi connectivity index (χ2n) is 6.15. The van der Waals surface area contributed by atoms with Crippen molar-refractivity contribution < 1.29 is 8.90 Å². The van der Waals surface area contributed by atoms with Crippen LogP contribution >= 0.6 is 0 Å². The molecular weight excluding hydrogens is 337 g/mol. The molecule has 0 amide bonds. The van der Waals surface area contributed by atoms with Gasteiger partial charge in [-0.2, -0.15) is 0 Å². The maximum Gasteiger partial charge on any atom is 0.571 e. The van der Waals surface area contributed by atoms with E-state index in [-0.39, 0.29) is 5.75 Å². The summed E-state index contributed by atoms with van der Waals surface area (Å²) in [6.45, 7) is 1.93. The maximum absolute atomic E-state index is 10.1. The normalized spacial score (nSPS) is 10.7. The zero-order valence-corrected chi connectivity index (χ0v) is 15.5.